The second-order valence-electron chi connectivity index (χ2n) is 10.1. The lowest BCUT2D eigenvalue weighted by Gasteiger charge is -2.35. The molecule has 0 aliphatic heterocycles. The Balaban J connectivity index is 2.69. The first-order valence-electron chi connectivity index (χ1n) is 11.5. The zero-order valence-corrected chi connectivity index (χ0v) is 22.0. The quantitative estimate of drug-likeness (QED) is 0.228. The molecule has 0 fully saturated rings. The summed E-state index contributed by atoms with van der Waals surface area (Å²) in [5.74, 6) is 1.14. The maximum atomic E-state index is 12.4. The van der Waals surface area contributed by atoms with E-state index in [0.29, 0.717) is 8.58 Å². The summed E-state index contributed by atoms with van der Waals surface area (Å²) in [4.78, 5) is 12.4. The monoisotopic (exact) mass is 440 g/mol. The highest BCUT2D eigenvalue weighted by Crippen LogP contribution is 2.50. The Morgan fingerprint density at radius 2 is 1.71 bits per heavy atom. The minimum Gasteiger partial charge on any atom is -0.496 e. The first-order valence-corrected chi connectivity index (χ1v) is 12.5. The molecule has 2 rings (SSSR count). The topological polar surface area (TPSA) is 26.3 Å². The van der Waals surface area contributed by atoms with Crippen LogP contribution in [-0.4, -0.2) is 12.9 Å². The molecule has 3 heteroatoms. The van der Waals surface area contributed by atoms with Crippen LogP contribution in [0.4, 0.5) is 0 Å². The Kier molecular flexibility index (Phi) is 8.51. The van der Waals surface area contributed by atoms with Crippen LogP contribution in [-0.2, 0) is 10.6 Å². The molecule has 0 aliphatic rings. The van der Waals surface area contributed by atoms with Gasteiger partial charge in [-0.3, -0.25) is 4.79 Å². The molecule has 0 heterocycles. The van der Waals surface area contributed by atoms with Gasteiger partial charge < -0.3 is 4.74 Å². The van der Waals surface area contributed by atoms with E-state index in [4.69, 9.17) is 4.74 Å². The molecule has 0 N–H and O–H groups in total. The second kappa shape index (κ2) is 10.3. The van der Waals surface area contributed by atoms with Gasteiger partial charge in [0.25, 0.3) is 0 Å². The molecule has 0 amide bonds. The first-order chi connectivity index (χ1) is 14.4. The van der Waals surface area contributed by atoms with E-state index in [1.54, 1.807) is 14.0 Å². The van der Waals surface area contributed by atoms with Crippen molar-refractivity contribution in [3.8, 4) is 5.75 Å². The Bertz CT molecular complexity index is 923. The molecule has 2 atom stereocenters. The average molecular weight is 441 g/mol. The van der Waals surface area contributed by atoms with E-state index in [1.165, 1.54) is 36.0 Å². The molecule has 31 heavy (non-hydrogen) atoms. The normalized spacial score (nSPS) is 14.1. The number of carbonyl (C=O) groups is 1. The molecule has 0 bridgehead atoms. The summed E-state index contributed by atoms with van der Waals surface area (Å²) in [6.45, 7) is 17.3. The van der Waals surface area contributed by atoms with Crippen LogP contribution < -0.4 is 10.0 Å². The van der Waals surface area contributed by atoms with Crippen molar-refractivity contribution in [2.24, 2.45) is 0 Å². The zero-order chi connectivity index (χ0) is 23.4. The lowest BCUT2D eigenvalue weighted by Crippen LogP contribution is -2.24. The van der Waals surface area contributed by atoms with Gasteiger partial charge in [-0.05, 0) is 55.1 Å². The van der Waals surface area contributed by atoms with E-state index in [1.807, 2.05) is 6.07 Å². The number of hydrogen-bond acceptors (Lipinski definition) is 2. The van der Waals surface area contributed by atoms with Crippen molar-refractivity contribution in [3.05, 3.63) is 58.1 Å². The van der Waals surface area contributed by atoms with Crippen LogP contribution in [0.3, 0.4) is 0 Å². The molecule has 0 aliphatic carbocycles. The van der Waals surface area contributed by atoms with Crippen molar-refractivity contribution < 1.29 is 9.53 Å². The molecule has 0 radical (unpaired) electrons. The molecule has 0 saturated heterocycles. The summed E-state index contributed by atoms with van der Waals surface area (Å²) in [5, 5.41) is 1.07. The van der Waals surface area contributed by atoms with E-state index in [-0.39, 0.29) is 16.4 Å². The van der Waals surface area contributed by atoms with Gasteiger partial charge in [0.05, 0.1) is 7.11 Å². The van der Waals surface area contributed by atoms with Crippen molar-refractivity contribution in [2.45, 2.75) is 91.6 Å². The van der Waals surface area contributed by atoms with Gasteiger partial charge in [-0.1, -0.05) is 92.3 Å². The summed E-state index contributed by atoms with van der Waals surface area (Å²) in [6, 6.07) is 11.0. The molecule has 2 unspecified atom stereocenters. The Hall–Kier alpha value is -1.66. The van der Waals surface area contributed by atoms with Crippen LogP contribution in [0.5, 0.6) is 5.75 Å². The third-order valence-electron chi connectivity index (χ3n) is 6.18. The lowest BCUT2D eigenvalue weighted by molar-refractivity contribution is 0.101. The SMILES string of the molecule is CCCCCC(C)(Pc1ccc(C)cc1C(C)=O)c1cc(C(C)(C)C)cc(C)c1OC. The molecular weight excluding hydrogens is 399 g/mol. The number of ether oxygens (including phenoxy) is 1. The third kappa shape index (κ3) is 6.19. The fraction of sp³-hybridized carbons (Fsp3) is 0.536. The van der Waals surface area contributed by atoms with Crippen molar-refractivity contribution in [3.63, 3.8) is 0 Å². The Labute approximate surface area is 192 Å². The van der Waals surface area contributed by atoms with Gasteiger partial charge in [-0.15, -0.1) is 0 Å². The summed E-state index contributed by atoms with van der Waals surface area (Å²) >= 11 is 0. The predicted molar refractivity (Wildman–Crippen MR) is 137 cm³/mol. The molecular formula is C28H41O2P. The van der Waals surface area contributed by atoms with Gasteiger partial charge in [-0.25, -0.2) is 0 Å². The molecule has 0 aromatic heterocycles. The number of unbranched alkanes of at least 4 members (excludes halogenated alkanes) is 2. The van der Waals surface area contributed by atoms with Crippen molar-refractivity contribution in [2.75, 3.05) is 7.11 Å². The highest BCUT2D eigenvalue weighted by atomic mass is 31.1. The van der Waals surface area contributed by atoms with Crippen LogP contribution in [0.25, 0.3) is 0 Å². The molecule has 0 spiro atoms. The molecule has 2 aromatic carbocycles. The van der Waals surface area contributed by atoms with Gasteiger partial charge >= 0.3 is 0 Å². The van der Waals surface area contributed by atoms with E-state index < -0.39 is 0 Å². The van der Waals surface area contributed by atoms with E-state index in [9.17, 15) is 4.79 Å². The van der Waals surface area contributed by atoms with Crippen LogP contribution >= 0.6 is 8.58 Å². The Morgan fingerprint density at radius 1 is 1.03 bits per heavy atom. The van der Waals surface area contributed by atoms with Crippen molar-refractivity contribution >= 4 is 19.7 Å². The summed E-state index contributed by atoms with van der Waals surface area (Å²) < 4.78 is 5.97. The van der Waals surface area contributed by atoms with E-state index >= 15 is 0 Å². The maximum Gasteiger partial charge on any atom is 0.160 e. The maximum absolute atomic E-state index is 12.4. The van der Waals surface area contributed by atoms with E-state index in [2.05, 4.69) is 72.7 Å². The van der Waals surface area contributed by atoms with Gasteiger partial charge in [0.15, 0.2) is 5.78 Å². The number of rotatable bonds is 9. The van der Waals surface area contributed by atoms with Crippen LogP contribution in [0.15, 0.2) is 30.3 Å². The number of benzene rings is 2. The number of ketones is 1. The van der Waals surface area contributed by atoms with Crippen LogP contribution in [0.1, 0.15) is 99.8 Å². The molecule has 2 nitrogen and oxygen atoms in total. The average Bonchev–Trinajstić information content (AvgIpc) is 2.68. The van der Waals surface area contributed by atoms with Gasteiger partial charge in [0.1, 0.15) is 5.75 Å². The van der Waals surface area contributed by atoms with Gasteiger partial charge in [0.2, 0.25) is 0 Å². The van der Waals surface area contributed by atoms with E-state index in [0.717, 1.165) is 28.6 Å². The fourth-order valence-corrected chi connectivity index (χ4v) is 6.00. The molecule has 170 valence electrons. The van der Waals surface area contributed by atoms with Crippen LogP contribution in [0.2, 0.25) is 0 Å². The number of aryl methyl sites for hydroxylation is 2. The number of methoxy groups -OCH3 is 1. The lowest BCUT2D eigenvalue weighted by atomic mass is 9.82. The number of hydrogen-bond donors (Lipinski definition) is 0. The number of carbonyl (C=O) groups excluding carboxylic acids is 1. The minimum atomic E-state index is -0.0913. The number of Topliss-reactive ketones (excluding diaryl/α,β-unsaturated/α-hetero) is 1. The second-order valence-corrected chi connectivity index (χ2v) is 12.0. The zero-order valence-electron chi connectivity index (χ0n) is 21.0. The van der Waals surface area contributed by atoms with Gasteiger partial charge in [0, 0.05) is 16.3 Å². The summed E-state index contributed by atoms with van der Waals surface area (Å²) in [6.07, 6.45) is 4.66. The smallest absolute Gasteiger partial charge is 0.160 e. The highest BCUT2D eigenvalue weighted by Gasteiger charge is 2.33. The third-order valence-corrected chi connectivity index (χ3v) is 7.96. The minimum absolute atomic E-state index is 0.0631. The standard InChI is InChI=1S/C28H41O2P/c1-10-11-12-15-28(8,31-25-14-13-19(2)16-23(25)21(4)29)24-18-22(27(5,6)7)17-20(3)26(24)30-9/h13-14,16-18,31H,10-12,15H2,1-9H3. The van der Waals surface area contributed by atoms with Crippen molar-refractivity contribution in [1.29, 1.82) is 0 Å². The summed E-state index contributed by atoms with van der Waals surface area (Å²) in [5.41, 5.74) is 5.87. The Morgan fingerprint density at radius 3 is 2.26 bits per heavy atom. The van der Waals surface area contributed by atoms with Crippen LogP contribution in [0, 0.1) is 13.8 Å². The van der Waals surface area contributed by atoms with Crippen molar-refractivity contribution in [1.82, 2.24) is 0 Å². The van der Waals surface area contributed by atoms with Gasteiger partial charge in [-0.2, -0.15) is 0 Å². The highest BCUT2D eigenvalue weighted by molar-refractivity contribution is 7.48. The first kappa shape index (κ1) is 25.6. The largest absolute Gasteiger partial charge is 0.496 e. The molecule has 0 saturated carbocycles. The predicted octanol–water partition coefficient (Wildman–Crippen LogP) is 7.61. The molecule has 2 aromatic rings. The fourth-order valence-electron chi connectivity index (χ4n) is 4.24. The summed E-state index contributed by atoms with van der Waals surface area (Å²) in [7, 11) is 2.28.